The fourth-order valence-electron chi connectivity index (χ4n) is 2.87. The molecule has 0 aliphatic rings. The predicted molar refractivity (Wildman–Crippen MR) is 112 cm³/mol. The molecular weight excluding hydrogens is 376 g/mol. The molecule has 0 aliphatic heterocycles. The lowest BCUT2D eigenvalue weighted by Gasteiger charge is -2.28. The minimum absolute atomic E-state index is 0.00242. The van der Waals surface area contributed by atoms with E-state index >= 15 is 0 Å². The Morgan fingerprint density at radius 1 is 1.18 bits per heavy atom. The van der Waals surface area contributed by atoms with Crippen LogP contribution in [0.15, 0.2) is 42.6 Å². The van der Waals surface area contributed by atoms with E-state index in [9.17, 15) is 9.59 Å². The van der Waals surface area contributed by atoms with Gasteiger partial charge in [-0.2, -0.15) is 0 Å². The molecular formula is C21H27ClN4O2. The van der Waals surface area contributed by atoms with Crippen LogP contribution in [-0.2, 0) is 22.6 Å². The minimum Gasteiger partial charge on any atom is -0.335 e. The van der Waals surface area contributed by atoms with Crippen LogP contribution in [0, 0.1) is 0 Å². The van der Waals surface area contributed by atoms with Crippen LogP contribution in [-0.4, -0.2) is 53.3 Å². The maximum Gasteiger partial charge on any atom is 0.243 e. The number of aromatic nitrogens is 1. The molecule has 0 unspecified atom stereocenters. The summed E-state index contributed by atoms with van der Waals surface area (Å²) in [7, 11) is 3.50. The number of likely N-dealkylation sites (N-methyl/N-ethyl adjacent to an activating group) is 2. The Bertz CT molecular complexity index is 810. The first-order valence-electron chi connectivity index (χ1n) is 9.25. The summed E-state index contributed by atoms with van der Waals surface area (Å²) in [5.41, 5.74) is 2.81. The molecule has 28 heavy (non-hydrogen) atoms. The third-order valence-corrected chi connectivity index (χ3v) is 4.89. The molecule has 0 fully saturated rings. The predicted octanol–water partition coefficient (Wildman–Crippen LogP) is 3.21. The van der Waals surface area contributed by atoms with Crippen LogP contribution in [0.1, 0.15) is 25.0 Å². The second-order valence-electron chi connectivity index (χ2n) is 6.83. The average molecular weight is 403 g/mol. The maximum atomic E-state index is 12.7. The van der Waals surface area contributed by atoms with E-state index in [0.29, 0.717) is 11.7 Å². The van der Waals surface area contributed by atoms with E-state index in [1.54, 1.807) is 19.3 Å². The molecule has 1 atom stereocenters. The first-order valence-corrected chi connectivity index (χ1v) is 9.63. The number of hydrogen-bond acceptors (Lipinski definition) is 4. The highest BCUT2D eigenvalue weighted by Gasteiger charge is 2.23. The summed E-state index contributed by atoms with van der Waals surface area (Å²) in [5, 5.41) is 3.33. The second-order valence-corrected chi connectivity index (χ2v) is 7.22. The molecule has 2 amide bonds. The van der Waals surface area contributed by atoms with Gasteiger partial charge in [-0.1, -0.05) is 42.8 Å². The van der Waals surface area contributed by atoms with Crippen molar-refractivity contribution in [2.45, 2.75) is 32.9 Å². The summed E-state index contributed by atoms with van der Waals surface area (Å²) in [4.78, 5) is 32.5. The first-order chi connectivity index (χ1) is 13.3. The van der Waals surface area contributed by atoms with Crippen molar-refractivity contribution >= 4 is 29.1 Å². The number of carbonyl (C=O) groups excluding carboxylic acids is 2. The van der Waals surface area contributed by atoms with Crippen molar-refractivity contribution in [3.63, 3.8) is 0 Å². The number of anilines is 1. The molecule has 2 rings (SSSR count). The highest BCUT2D eigenvalue weighted by atomic mass is 35.5. The Labute approximate surface area is 171 Å². The molecule has 0 aliphatic carbocycles. The zero-order valence-electron chi connectivity index (χ0n) is 16.8. The molecule has 0 saturated heterocycles. The van der Waals surface area contributed by atoms with Crippen molar-refractivity contribution in [2.24, 2.45) is 0 Å². The Balaban J connectivity index is 1.91. The Hall–Kier alpha value is -2.44. The van der Waals surface area contributed by atoms with Crippen LogP contribution in [0.4, 0.5) is 5.69 Å². The molecule has 1 aromatic carbocycles. The molecule has 2 aromatic rings. The van der Waals surface area contributed by atoms with E-state index in [4.69, 9.17) is 11.6 Å². The zero-order chi connectivity index (χ0) is 20.7. The highest BCUT2D eigenvalue weighted by molar-refractivity contribution is 6.29. The molecule has 0 saturated carbocycles. The lowest BCUT2D eigenvalue weighted by molar-refractivity contribution is -0.137. The quantitative estimate of drug-likeness (QED) is 0.688. The van der Waals surface area contributed by atoms with Crippen LogP contribution >= 0.6 is 11.6 Å². The van der Waals surface area contributed by atoms with Crippen LogP contribution in [0.3, 0.4) is 0 Å². The number of pyridine rings is 1. The number of para-hydroxylation sites is 1. The van der Waals surface area contributed by atoms with Gasteiger partial charge in [0, 0.05) is 25.5 Å². The number of hydrogen-bond donors (Lipinski definition) is 1. The largest absolute Gasteiger partial charge is 0.335 e. The second kappa shape index (κ2) is 10.2. The van der Waals surface area contributed by atoms with Gasteiger partial charge in [0.25, 0.3) is 0 Å². The van der Waals surface area contributed by atoms with Crippen molar-refractivity contribution in [3.05, 3.63) is 58.9 Å². The van der Waals surface area contributed by atoms with E-state index in [-0.39, 0.29) is 24.4 Å². The number of nitrogens with zero attached hydrogens (tertiary/aromatic N) is 3. The Kier molecular flexibility index (Phi) is 7.96. The van der Waals surface area contributed by atoms with Gasteiger partial charge in [-0.15, -0.1) is 0 Å². The third-order valence-electron chi connectivity index (χ3n) is 4.67. The molecule has 1 aromatic heterocycles. The van der Waals surface area contributed by atoms with Crippen molar-refractivity contribution in [2.75, 3.05) is 26.0 Å². The molecule has 0 bridgehead atoms. The van der Waals surface area contributed by atoms with Gasteiger partial charge in [0.05, 0.1) is 12.6 Å². The summed E-state index contributed by atoms with van der Waals surface area (Å²) in [6, 6.07) is 10.9. The molecule has 1 N–H and O–H groups in total. The number of amides is 2. The van der Waals surface area contributed by atoms with Crippen molar-refractivity contribution in [3.8, 4) is 0 Å². The number of halogens is 1. The smallest absolute Gasteiger partial charge is 0.243 e. The van der Waals surface area contributed by atoms with Crippen LogP contribution in [0.5, 0.6) is 0 Å². The summed E-state index contributed by atoms with van der Waals surface area (Å²) >= 11 is 5.80. The fraction of sp³-hybridized carbons (Fsp3) is 0.381. The minimum atomic E-state index is -0.378. The standard InChI is InChI=1S/C21H27ClN4O2/c1-5-17-8-6-7-9-18(17)24-20(27)14-26(4)21(28)15(2)25(3)13-16-10-11-19(22)23-12-16/h6-12,15H,5,13-14H2,1-4H3,(H,24,27)/t15-/m1/s1. The van der Waals surface area contributed by atoms with Crippen LogP contribution < -0.4 is 5.32 Å². The summed E-state index contributed by atoms with van der Waals surface area (Å²) in [5.74, 6) is -0.336. The van der Waals surface area contributed by atoms with Gasteiger partial charge in [0.2, 0.25) is 11.8 Å². The van der Waals surface area contributed by atoms with Gasteiger partial charge < -0.3 is 10.2 Å². The number of carbonyl (C=O) groups is 2. The highest BCUT2D eigenvalue weighted by Crippen LogP contribution is 2.15. The van der Waals surface area contributed by atoms with Gasteiger partial charge >= 0.3 is 0 Å². The first kappa shape index (κ1) is 21.9. The lowest BCUT2D eigenvalue weighted by atomic mass is 10.1. The number of nitrogens with one attached hydrogen (secondary N) is 1. The maximum absolute atomic E-state index is 12.7. The fourth-order valence-corrected chi connectivity index (χ4v) is 2.98. The van der Waals surface area contributed by atoms with Gasteiger partial charge in [0.15, 0.2) is 0 Å². The molecule has 0 radical (unpaired) electrons. The molecule has 6 nitrogen and oxygen atoms in total. The van der Waals surface area contributed by atoms with Gasteiger partial charge in [-0.05, 0) is 43.7 Å². The average Bonchev–Trinajstić information content (AvgIpc) is 2.68. The Morgan fingerprint density at radius 3 is 2.54 bits per heavy atom. The molecule has 0 spiro atoms. The molecule has 7 heteroatoms. The Morgan fingerprint density at radius 2 is 1.89 bits per heavy atom. The SMILES string of the molecule is CCc1ccccc1NC(=O)CN(C)C(=O)[C@@H](C)N(C)Cc1ccc(Cl)nc1. The van der Waals surface area contributed by atoms with Gasteiger partial charge in [-0.3, -0.25) is 14.5 Å². The zero-order valence-corrected chi connectivity index (χ0v) is 17.5. The third kappa shape index (κ3) is 6.04. The topological polar surface area (TPSA) is 65.5 Å². The van der Waals surface area contributed by atoms with E-state index in [0.717, 1.165) is 23.2 Å². The van der Waals surface area contributed by atoms with Crippen molar-refractivity contribution in [1.82, 2.24) is 14.8 Å². The van der Waals surface area contributed by atoms with E-state index in [1.165, 1.54) is 4.90 Å². The summed E-state index contributed by atoms with van der Waals surface area (Å²) < 4.78 is 0. The monoisotopic (exact) mass is 402 g/mol. The molecule has 1 heterocycles. The van der Waals surface area contributed by atoms with Crippen molar-refractivity contribution in [1.29, 1.82) is 0 Å². The number of aryl methyl sites for hydroxylation is 1. The number of benzene rings is 1. The number of rotatable bonds is 8. The van der Waals surface area contributed by atoms with E-state index in [1.807, 2.05) is 56.1 Å². The lowest BCUT2D eigenvalue weighted by Crippen LogP contribution is -2.46. The summed E-state index contributed by atoms with van der Waals surface area (Å²) in [6.07, 6.45) is 2.52. The molecule has 150 valence electrons. The normalized spacial score (nSPS) is 11.9. The van der Waals surface area contributed by atoms with Crippen LogP contribution in [0.25, 0.3) is 0 Å². The summed E-state index contributed by atoms with van der Waals surface area (Å²) in [6.45, 7) is 4.42. The van der Waals surface area contributed by atoms with Crippen molar-refractivity contribution < 1.29 is 9.59 Å². The van der Waals surface area contributed by atoms with E-state index in [2.05, 4.69) is 10.3 Å². The van der Waals surface area contributed by atoms with E-state index < -0.39 is 0 Å². The van der Waals surface area contributed by atoms with Gasteiger partial charge in [-0.25, -0.2) is 4.98 Å². The van der Waals surface area contributed by atoms with Crippen LogP contribution in [0.2, 0.25) is 5.15 Å². The van der Waals surface area contributed by atoms with Gasteiger partial charge in [0.1, 0.15) is 5.15 Å².